The molecular formula is C21H22BrFN8. The lowest BCUT2D eigenvalue weighted by atomic mass is 10.1. The summed E-state index contributed by atoms with van der Waals surface area (Å²) in [6.45, 7) is 3.68. The lowest BCUT2D eigenvalue weighted by molar-refractivity contribution is 0.268. The van der Waals surface area contributed by atoms with Gasteiger partial charge < -0.3 is 10.6 Å². The van der Waals surface area contributed by atoms with Crippen LogP contribution in [0.1, 0.15) is 13.3 Å². The van der Waals surface area contributed by atoms with Crippen molar-refractivity contribution in [3.63, 3.8) is 0 Å². The van der Waals surface area contributed by atoms with E-state index in [1.165, 1.54) is 0 Å². The fourth-order valence-electron chi connectivity index (χ4n) is 3.97. The standard InChI is InChI=1S/C21H22BrFN8/c1-2-31-9-12(7-26-31)18-6-15-19(8-25-18)28-29-20(15)17-4-3-16(22)21(27-17)30-10-13(23)5-14(24)11-30/h3-4,6-9,13-14H,2,5,10-11,24H2,1H3,(H,28,29)/t13-,14+/m1/s1. The maximum absolute atomic E-state index is 14.1. The van der Waals surface area contributed by atoms with Crippen molar-refractivity contribution in [1.82, 2.24) is 29.9 Å². The third kappa shape index (κ3) is 3.81. The minimum atomic E-state index is -0.968. The number of nitrogens with one attached hydrogen (secondary N) is 1. The van der Waals surface area contributed by atoms with Crippen LogP contribution >= 0.6 is 15.9 Å². The number of hydrogen-bond donors (Lipinski definition) is 2. The first-order valence-corrected chi connectivity index (χ1v) is 11.0. The Balaban J connectivity index is 1.55. The van der Waals surface area contributed by atoms with Crippen LogP contribution < -0.4 is 10.6 Å². The molecule has 0 aliphatic carbocycles. The summed E-state index contributed by atoms with van der Waals surface area (Å²) in [4.78, 5) is 11.2. The van der Waals surface area contributed by atoms with Crippen molar-refractivity contribution >= 4 is 32.7 Å². The van der Waals surface area contributed by atoms with Gasteiger partial charge in [0.1, 0.15) is 17.7 Å². The van der Waals surface area contributed by atoms with Gasteiger partial charge in [-0.15, -0.1) is 0 Å². The summed E-state index contributed by atoms with van der Waals surface area (Å²) in [5.74, 6) is 0.671. The van der Waals surface area contributed by atoms with Crippen LogP contribution in [-0.2, 0) is 6.54 Å². The Morgan fingerprint density at radius 2 is 2.13 bits per heavy atom. The van der Waals surface area contributed by atoms with Gasteiger partial charge in [-0.05, 0) is 47.5 Å². The lowest BCUT2D eigenvalue weighted by Gasteiger charge is -2.34. The molecular weight excluding hydrogens is 463 g/mol. The number of aromatic nitrogens is 6. The van der Waals surface area contributed by atoms with Gasteiger partial charge in [-0.1, -0.05) is 0 Å². The molecule has 0 bridgehead atoms. The van der Waals surface area contributed by atoms with Crippen LogP contribution in [-0.4, -0.2) is 55.2 Å². The van der Waals surface area contributed by atoms with Crippen LogP contribution in [0.2, 0.25) is 0 Å². The van der Waals surface area contributed by atoms with E-state index in [4.69, 9.17) is 10.7 Å². The molecule has 0 unspecified atom stereocenters. The molecule has 0 radical (unpaired) electrons. The molecule has 3 N–H and O–H groups in total. The molecule has 2 atom stereocenters. The molecule has 1 aliphatic rings. The number of H-pyrrole nitrogens is 1. The first-order valence-electron chi connectivity index (χ1n) is 10.2. The van der Waals surface area contributed by atoms with Gasteiger partial charge in [0.05, 0.1) is 40.3 Å². The highest BCUT2D eigenvalue weighted by Crippen LogP contribution is 2.33. The van der Waals surface area contributed by atoms with Gasteiger partial charge >= 0.3 is 0 Å². The third-order valence-corrected chi connectivity index (χ3v) is 6.12. The van der Waals surface area contributed by atoms with E-state index in [9.17, 15) is 4.39 Å². The highest BCUT2D eigenvalue weighted by Gasteiger charge is 2.27. The number of nitrogens with two attached hydrogens (primary N) is 1. The first kappa shape index (κ1) is 20.1. The summed E-state index contributed by atoms with van der Waals surface area (Å²) in [5.41, 5.74) is 10.0. The lowest BCUT2D eigenvalue weighted by Crippen LogP contribution is -2.48. The number of fused-ring (bicyclic) bond motifs is 1. The number of anilines is 1. The number of hydrogen-bond acceptors (Lipinski definition) is 6. The first-order chi connectivity index (χ1) is 15.0. The number of pyridine rings is 2. The minimum Gasteiger partial charge on any atom is -0.351 e. The number of aryl methyl sites for hydroxylation is 1. The van der Waals surface area contributed by atoms with Gasteiger partial charge in [0.25, 0.3) is 0 Å². The van der Waals surface area contributed by atoms with Crippen molar-refractivity contribution in [2.75, 3.05) is 18.0 Å². The molecule has 5 rings (SSSR count). The molecule has 5 heterocycles. The van der Waals surface area contributed by atoms with Crippen LogP contribution in [0.25, 0.3) is 33.5 Å². The Hall–Kier alpha value is -2.85. The van der Waals surface area contributed by atoms with Crippen molar-refractivity contribution < 1.29 is 4.39 Å². The predicted octanol–water partition coefficient (Wildman–Crippen LogP) is 3.54. The van der Waals surface area contributed by atoms with Gasteiger partial charge in [-0.3, -0.25) is 14.8 Å². The summed E-state index contributed by atoms with van der Waals surface area (Å²) in [5, 5.41) is 12.8. The minimum absolute atomic E-state index is 0.218. The largest absolute Gasteiger partial charge is 0.351 e. The smallest absolute Gasteiger partial charge is 0.143 e. The summed E-state index contributed by atoms with van der Waals surface area (Å²) in [6, 6.07) is 5.59. The molecule has 8 nitrogen and oxygen atoms in total. The number of piperidine rings is 1. The topological polar surface area (TPSA) is 102 Å². The molecule has 1 fully saturated rings. The Morgan fingerprint density at radius 3 is 2.90 bits per heavy atom. The maximum atomic E-state index is 14.1. The summed E-state index contributed by atoms with van der Waals surface area (Å²) in [6.07, 6.45) is 4.95. The van der Waals surface area contributed by atoms with Crippen LogP contribution in [0, 0.1) is 0 Å². The molecule has 10 heteroatoms. The summed E-state index contributed by atoms with van der Waals surface area (Å²) in [7, 11) is 0. The second-order valence-electron chi connectivity index (χ2n) is 7.77. The van der Waals surface area contributed by atoms with E-state index in [-0.39, 0.29) is 12.6 Å². The highest BCUT2D eigenvalue weighted by atomic mass is 79.9. The van der Waals surface area contributed by atoms with Crippen molar-refractivity contribution in [1.29, 1.82) is 0 Å². The van der Waals surface area contributed by atoms with Crippen molar-refractivity contribution in [2.45, 2.75) is 32.1 Å². The summed E-state index contributed by atoms with van der Waals surface area (Å²) < 4.78 is 16.8. The molecule has 0 spiro atoms. The monoisotopic (exact) mass is 484 g/mol. The molecule has 0 amide bonds. The van der Waals surface area contributed by atoms with Crippen molar-refractivity contribution in [2.24, 2.45) is 5.73 Å². The quantitative estimate of drug-likeness (QED) is 0.459. The van der Waals surface area contributed by atoms with E-state index in [0.717, 1.165) is 33.2 Å². The Morgan fingerprint density at radius 1 is 1.26 bits per heavy atom. The fraction of sp³-hybridized carbons (Fsp3) is 0.333. The molecule has 0 aromatic carbocycles. The molecule has 1 aliphatic heterocycles. The van der Waals surface area contributed by atoms with Crippen molar-refractivity contribution in [3.05, 3.63) is 41.3 Å². The van der Waals surface area contributed by atoms with E-state index < -0.39 is 6.17 Å². The van der Waals surface area contributed by atoms with E-state index >= 15 is 0 Å². The third-order valence-electron chi connectivity index (χ3n) is 5.50. The van der Waals surface area contributed by atoms with Crippen molar-refractivity contribution in [3.8, 4) is 22.6 Å². The number of rotatable bonds is 4. The van der Waals surface area contributed by atoms with Crippen LogP contribution in [0.4, 0.5) is 10.2 Å². The Bertz CT molecular complexity index is 1230. The molecule has 0 saturated carbocycles. The molecule has 4 aromatic rings. The number of aromatic amines is 1. The van der Waals surface area contributed by atoms with Gasteiger partial charge in [0.15, 0.2) is 0 Å². The van der Waals surface area contributed by atoms with Gasteiger partial charge in [-0.2, -0.15) is 10.2 Å². The fourth-order valence-corrected chi connectivity index (χ4v) is 4.44. The molecule has 4 aromatic heterocycles. The van der Waals surface area contributed by atoms with E-state index in [1.54, 1.807) is 12.4 Å². The Kier molecular flexibility index (Phi) is 5.19. The SMILES string of the molecule is CCn1cc(-c2cc3c(-c4ccc(Br)c(N5C[C@@H](N)C[C@@H](F)C5)n4)n[nH]c3cn2)cn1. The van der Waals surface area contributed by atoms with Crippen LogP contribution in [0.3, 0.4) is 0 Å². The van der Waals surface area contributed by atoms with E-state index in [1.807, 2.05) is 40.9 Å². The van der Waals surface area contributed by atoms with Gasteiger partial charge in [0.2, 0.25) is 0 Å². The molecule has 160 valence electrons. The summed E-state index contributed by atoms with van der Waals surface area (Å²) >= 11 is 3.56. The van der Waals surface area contributed by atoms with E-state index in [0.29, 0.717) is 30.2 Å². The average molecular weight is 485 g/mol. The number of alkyl halides is 1. The highest BCUT2D eigenvalue weighted by molar-refractivity contribution is 9.10. The maximum Gasteiger partial charge on any atom is 0.143 e. The normalized spacial score (nSPS) is 19.3. The zero-order valence-corrected chi connectivity index (χ0v) is 18.5. The second-order valence-corrected chi connectivity index (χ2v) is 8.63. The average Bonchev–Trinajstić information content (AvgIpc) is 3.40. The van der Waals surface area contributed by atoms with Gasteiger partial charge in [0, 0.05) is 36.3 Å². The van der Waals surface area contributed by atoms with Gasteiger partial charge in [-0.25, -0.2) is 9.37 Å². The number of halogens is 2. The van der Waals surface area contributed by atoms with E-state index in [2.05, 4.69) is 36.2 Å². The second kappa shape index (κ2) is 8.01. The van der Waals surface area contributed by atoms with Crippen LogP contribution in [0.15, 0.2) is 41.3 Å². The van der Waals surface area contributed by atoms with Crippen LogP contribution in [0.5, 0.6) is 0 Å². The number of nitrogens with zero attached hydrogens (tertiary/aromatic N) is 6. The molecule has 1 saturated heterocycles. The zero-order chi connectivity index (χ0) is 21.5. The molecule has 31 heavy (non-hydrogen) atoms. The Labute approximate surface area is 186 Å². The predicted molar refractivity (Wildman–Crippen MR) is 121 cm³/mol. The zero-order valence-electron chi connectivity index (χ0n) is 17.0.